The van der Waals surface area contributed by atoms with E-state index in [9.17, 15) is 14.9 Å². The van der Waals surface area contributed by atoms with Crippen LogP contribution in [0.1, 0.15) is 10.4 Å². The topological polar surface area (TPSA) is 86.2 Å². The molecule has 0 atom stereocenters. The van der Waals surface area contributed by atoms with Gasteiger partial charge in [0.15, 0.2) is 0 Å². The lowest BCUT2D eigenvalue weighted by molar-refractivity contribution is -0.384. The SMILES string of the molecule is NC(=O)c1c(Cl)cc([N+](=O)[O-])cc1Cl. The van der Waals surface area contributed by atoms with E-state index in [4.69, 9.17) is 28.9 Å². The van der Waals surface area contributed by atoms with Gasteiger partial charge in [-0.1, -0.05) is 23.2 Å². The number of primary amides is 1. The van der Waals surface area contributed by atoms with Crippen molar-refractivity contribution in [2.24, 2.45) is 5.73 Å². The van der Waals surface area contributed by atoms with Gasteiger partial charge in [0.05, 0.1) is 20.5 Å². The Balaban J connectivity index is 3.39. The van der Waals surface area contributed by atoms with Crippen molar-refractivity contribution < 1.29 is 9.72 Å². The minimum Gasteiger partial charge on any atom is -0.366 e. The highest BCUT2D eigenvalue weighted by molar-refractivity contribution is 6.39. The van der Waals surface area contributed by atoms with Gasteiger partial charge in [-0.25, -0.2) is 0 Å². The first kappa shape index (κ1) is 10.7. The van der Waals surface area contributed by atoms with Gasteiger partial charge in [0, 0.05) is 12.1 Å². The highest BCUT2D eigenvalue weighted by Crippen LogP contribution is 2.29. The summed E-state index contributed by atoms with van der Waals surface area (Å²) in [6.07, 6.45) is 0. The van der Waals surface area contributed by atoms with Crippen LogP contribution in [-0.4, -0.2) is 10.8 Å². The molecule has 0 unspecified atom stereocenters. The highest BCUT2D eigenvalue weighted by atomic mass is 35.5. The van der Waals surface area contributed by atoms with Crippen LogP contribution in [0.25, 0.3) is 0 Å². The van der Waals surface area contributed by atoms with Crippen LogP contribution in [0.4, 0.5) is 5.69 Å². The van der Waals surface area contributed by atoms with E-state index in [1.807, 2.05) is 0 Å². The van der Waals surface area contributed by atoms with Crippen LogP contribution in [0.5, 0.6) is 0 Å². The van der Waals surface area contributed by atoms with Gasteiger partial charge in [0.1, 0.15) is 0 Å². The fraction of sp³-hybridized carbons (Fsp3) is 0. The monoisotopic (exact) mass is 234 g/mol. The lowest BCUT2D eigenvalue weighted by Crippen LogP contribution is -2.12. The largest absolute Gasteiger partial charge is 0.366 e. The standard InChI is InChI=1S/C7H4Cl2N2O3/c8-4-1-3(11(13)14)2-5(9)6(4)7(10)12/h1-2H,(H2,10,12). The van der Waals surface area contributed by atoms with Crippen LogP contribution in [0.2, 0.25) is 10.0 Å². The fourth-order valence-electron chi connectivity index (χ4n) is 0.901. The van der Waals surface area contributed by atoms with Gasteiger partial charge in [0.25, 0.3) is 11.6 Å². The van der Waals surface area contributed by atoms with Gasteiger partial charge in [-0.15, -0.1) is 0 Å². The van der Waals surface area contributed by atoms with E-state index >= 15 is 0 Å². The number of non-ortho nitro benzene ring substituents is 1. The Hall–Kier alpha value is -1.33. The molecular weight excluding hydrogens is 231 g/mol. The number of nitrogens with two attached hydrogens (primary N) is 1. The van der Waals surface area contributed by atoms with Crippen molar-refractivity contribution in [2.45, 2.75) is 0 Å². The molecule has 1 amide bonds. The molecule has 1 rings (SSSR count). The lowest BCUT2D eigenvalue weighted by Gasteiger charge is -2.01. The molecular formula is C7H4Cl2N2O3. The third-order valence-corrected chi connectivity index (χ3v) is 2.08. The summed E-state index contributed by atoms with van der Waals surface area (Å²) in [4.78, 5) is 20.5. The second-order valence-corrected chi connectivity index (χ2v) is 3.22. The number of halogens is 2. The van der Waals surface area contributed by atoms with E-state index in [1.165, 1.54) is 0 Å². The normalized spacial score (nSPS) is 9.86. The van der Waals surface area contributed by atoms with Crippen molar-refractivity contribution in [3.63, 3.8) is 0 Å². The number of benzene rings is 1. The maximum absolute atomic E-state index is 10.8. The Morgan fingerprint density at radius 2 is 1.79 bits per heavy atom. The number of nitro benzene ring substituents is 1. The number of rotatable bonds is 2. The Bertz CT molecular complexity index is 396. The second-order valence-electron chi connectivity index (χ2n) is 2.41. The van der Waals surface area contributed by atoms with Crippen LogP contribution >= 0.6 is 23.2 Å². The van der Waals surface area contributed by atoms with E-state index in [2.05, 4.69) is 0 Å². The molecule has 0 bridgehead atoms. The van der Waals surface area contributed by atoms with Crippen molar-refractivity contribution in [2.75, 3.05) is 0 Å². The first-order valence-electron chi connectivity index (χ1n) is 3.36. The number of nitro groups is 1. The van der Waals surface area contributed by atoms with E-state index < -0.39 is 10.8 Å². The Labute approximate surface area is 88.6 Å². The fourth-order valence-corrected chi connectivity index (χ4v) is 1.56. The maximum Gasteiger partial charge on any atom is 0.272 e. The molecule has 0 spiro atoms. The first-order chi connectivity index (χ1) is 6.43. The summed E-state index contributed by atoms with van der Waals surface area (Å²) in [6, 6.07) is 2.04. The molecule has 0 saturated heterocycles. The summed E-state index contributed by atoms with van der Waals surface area (Å²) < 4.78 is 0. The number of carbonyl (C=O) groups is 1. The van der Waals surface area contributed by atoms with E-state index in [1.54, 1.807) is 0 Å². The summed E-state index contributed by atoms with van der Waals surface area (Å²) >= 11 is 11.2. The predicted octanol–water partition coefficient (Wildman–Crippen LogP) is 2.00. The summed E-state index contributed by atoms with van der Waals surface area (Å²) in [6.45, 7) is 0. The summed E-state index contributed by atoms with van der Waals surface area (Å²) in [7, 11) is 0. The zero-order chi connectivity index (χ0) is 10.9. The molecule has 5 nitrogen and oxygen atoms in total. The smallest absolute Gasteiger partial charge is 0.272 e. The van der Waals surface area contributed by atoms with Crippen LogP contribution in [0.3, 0.4) is 0 Å². The molecule has 14 heavy (non-hydrogen) atoms. The number of hydrogen-bond acceptors (Lipinski definition) is 3. The number of carbonyl (C=O) groups excluding carboxylic acids is 1. The molecule has 1 aromatic rings. The minimum absolute atomic E-state index is 0.112. The Kier molecular flexibility index (Phi) is 2.93. The van der Waals surface area contributed by atoms with Gasteiger partial charge >= 0.3 is 0 Å². The molecule has 0 aliphatic heterocycles. The van der Waals surface area contributed by atoms with Gasteiger partial charge in [-0.2, -0.15) is 0 Å². The average Bonchev–Trinajstić information content (AvgIpc) is 2.01. The number of amides is 1. The van der Waals surface area contributed by atoms with E-state index in [-0.39, 0.29) is 21.3 Å². The molecule has 0 fully saturated rings. The summed E-state index contributed by atoms with van der Waals surface area (Å²) in [5.41, 5.74) is 4.56. The van der Waals surface area contributed by atoms with E-state index in [0.717, 1.165) is 12.1 Å². The Morgan fingerprint density at radius 3 is 2.07 bits per heavy atom. The zero-order valence-electron chi connectivity index (χ0n) is 6.66. The van der Waals surface area contributed by atoms with E-state index in [0.29, 0.717) is 0 Å². The quantitative estimate of drug-likeness (QED) is 0.628. The van der Waals surface area contributed by atoms with Gasteiger partial charge in [0.2, 0.25) is 0 Å². The minimum atomic E-state index is -0.824. The van der Waals surface area contributed by atoms with Crippen LogP contribution in [0, 0.1) is 10.1 Å². The summed E-state index contributed by atoms with van der Waals surface area (Å²) in [5.74, 6) is -0.824. The first-order valence-corrected chi connectivity index (χ1v) is 4.12. The summed E-state index contributed by atoms with van der Waals surface area (Å²) in [5, 5.41) is 10.1. The van der Waals surface area contributed by atoms with Crippen molar-refractivity contribution in [1.82, 2.24) is 0 Å². The highest BCUT2D eigenvalue weighted by Gasteiger charge is 2.17. The second kappa shape index (κ2) is 3.81. The third-order valence-electron chi connectivity index (χ3n) is 1.48. The van der Waals surface area contributed by atoms with Crippen LogP contribution in [-0.2, 0) is 0 Å². The number of nitrogens with zero attached hydrogens (tertiary/aromatic N) is 1. The molecule has 0 aromatic heterocycles. The molecule has 2 N–H and O–H groups in total. The van der Waals surface area contributed by atoms with Crippen molar-refractivity contribution >= 4 is 34.8 Å². The molecule has 0 aliphatic rings. The molecule has 74 valence electrons. The van der Waals surface area contributed by atoms with Crippen LogP contribution in [0.15, 0.2) is 12.1 Å². The average molecular weight is 235 g/mol. The number of hydrogen-bond donors (Lipinski definition) is 1. The molecule has 7 heteroatoms. The van der Waals surface area contributed by atoms with Crippen molar-refractivity contribution in [3.8, 4) is 0 Å². The van der Waals surface area contributed by atoms with Crippen LogP contribution < -0.4 is 5.73 Å². The lowest BCUT2D eigenvalue weighted by atomic mass is 10.2. The molecule has 0 aliphatic carbocycles. The van der Waals surface area contributed by atoms with Gasteiger partial charge < -0.3 is 5.73 Å². The molecule has 0 saturated carbocycles. The Morgan fingerprint density at radius 1 is 1.36 bits per heavy atom. The third kappa shape index (κ3) is 1.94. The molecule has 0 heterocycles. The predicted molar refractivity (Wildman–Crippen MR) is 51.6 cm³/mol. The maximum atomic E-state index is 10.8. The van der Waals surface area contributed by atoms with Crippen molar-refractivity contribution in [3.05, 3.63) is 37.9 Å². The van der Waals surface area contributed by atoms with Crippen molar-refractivity contribution in [1.29, 1.82) is 0 Å². The molecule has 1 aromatic carbocycles. The van der Waals surface area contributed by atoms with Gasteiger partial charge in [-0.05, 0) is 0 Å². The van der Waals surface area contributed by atoms with Gasteiger partial charge in [-0.3, -0.25) is 14.9 Å². The zero-order valence-corrected chi connectivity index (χ0v) is 8.17. The molecule has 0 radical (unpaired) electrons.